The Labute approximate surface area is 81.0 Å². The van der Waals surface area contributed by atoms with Crippen molar-refractivity contribution in [2.75, 3.05) is 20.8 Å². The molecule has 3 nitrogen and oxygen atoms in total. The summed E-state index contributed by atoms with van der Waals surface area (Å²) in [7, 11) is 3.52. The smallest absolute Gasteiger partial charge is 0.0997 e. The lowest BCUT2D eigenvalue weighted by Crippen LogP contribution is -2.38. The van der Waals surface area contributed by atoms with Gasteiger partial charge in [0.15, 0.2) is 0 Å². The number of ether oxygens (including phenoxy) is 2. The van der Waals surface area contributed by atoms with Crippen LogP contribution in [-0.4, -0.2) is 50.0 Å². The van der Waals surface area contributed by atoms with Gasteiger partial charge in [-0.3, -0.25) is 4.90 Å². The number of nitrogens with zero attached hydrogens (tertiary/aromatic N) is 1. The number of rotatable bonds is 3. The Morgan fingerprint density at radius 3 is 2.15 bits per heavy atom. The first-order chi connectivity index (χ1) is 6.11. The summed E-state index contributed by atoms with van der Waals surface area (Å²) in [5.74, 6) is 0. The van der Waals surface area contributed by atoms with Crippen LogP contribution in [0.25, 0.3) is 0 Å². The molecule has 1 aliphatic rings. The molecule has 0 bridgehead atoms. The fraction of sp³-hybridized carbons (Fsp3) is 1.00. The van der Waals surface area contributed by atoms with Crippen LogP contribution in [0.2, 0.25) is 0 Å². The number of likely N-dealkylation sites (tertiary alicyclic amines) is 1. The topological polar surface area (TPSA) is 21.7 Å². The lowest BCUT2D eigenvalue weighted by molar-refractivity contribution is -0.0169. The maximum absolute atomic E-state index is 5.44. The van der Waals surface area contributed by atoms with E-state index in [4.69, 9.17) is 9.47 Å². The van der Waals surface area contributed by atoms with Crippen LogP contribution in [0.15, 0.2) is 0 Å². The van der Waals surface area contributed by atoms with E-state index in [1.165, 1.54) is 0 Å². The summed E-state index contributed by atoms with van der Waals surface area (Å²) in [6, 6.07) is 1.02. The third kappa shape index (κ3) is 2.03. The molecule has 0 radical (unpaired) electrons. The second-order valence-electron chi connectivity index (χ2n) is 4.01. The summed E-state index contributed by atoms with van der Waals surface area (Å²) in [4.78, 5) is 2.42. The van der Waals surface area contributed by atoms with Crippen LogP contribution in [0.5, 0.6) is 0 Å². The Morgan fingerprint density at radius 2 is 1.85 bits per heavy atom. The second kappa shape index (κ2) is 4.40. The maximum Gasteiger partial charge on any atom is 0.0997 e. The van der Waals surface area contributed by atoms with Gasteiger partial charge in [-0.2, -0.15) is 0 Å². The molecule has 0 spiro atoms. The van der Waals surface area contributed by atoms with E-state index in [0.717, 1.165) is 6.54 Å². The van der Waals surface area contributed by atoms with Gasteiger partial charge in [-0.15, -0.1) is 0 Å². The van der Waals surface area contributed by atoms with Crippen molar-refractivity contribution in [3.8, 4) is 0 Å². The van der Waals surface area contributed by atoms with E-state index in [1.54, 1.807) is 14.2 Å². The maximum atomic E-state index is 5.44. The Morgan fingerprint density at radius 1 is 1.23 bits per heavy atom. The van der Waals surface area contributed by atoms with Crippen molar-refractivity contribution >= 4 is 0 Å². The van der Waals surface area contributed by atoms with Crippen molar-refractivity contribution in [3.63, 3.8) is 0 Å². The van der Waals surface area contributed by atoms with Crippen molar-refractivity contribution in [3.05, 3.63) is 0 Å². The minimum Gasteiger partial charge on any atom is -0.377 e. The minimum atomic E-state index is 0.215. The number of hydrogen-bond donors (Lipinski definition) is 0. The molecule has 1 fully saturated rings. The highest BCUT2D eigenvalue weighted by Gasteiger charge is 2.40. The van der Waals surface area contributed by atoms with E-state index >= 15 is 0 Å². The van der Waals surface area contributed by atoms with E-state index in [9.17, 15) is 0 Å². The van der Waals surface area contributed by atoms with Crippen LogP contribution >= 0.6 is 0 Å². The van der Waals surface area contributed by atoms with E-state index in [0.29, 0.717) is 12.1 Å². The summed E-state index contributed by atoms with van der Waals surface area (Å²) < 4.78 is 10.8. The molecular formula is C10H21NO2. The van der Waals surface area contributed by atoms with Crippen LogP contribution in [0.1, 0.15) is 20.8 Å². The first-order valence-corrected chi connectivity index (χ1v) is 4.93. The molecule has 1 heterocycles. The van der Waals surface area contributed by atoms with E-state index in [-0.39, 0.29) is 12.2 Å². The summed E-state index contributed by atoms with van der Waals surface area (Å²) in [5, 5.41) is 0. The second-order valence-corrected chi connectivity index (χ2v) is 4.01. The molecule has 3 heteroatoms. The average Bonchev–Trinajstić information content (AvgIpc) is 2.41. The van der Waals surface area contributed by atoms with Crippen molar-refractivity contribution < 1.29 is 9.47 Å². The van der Waals surface area contributed by atoms with E-state index in [1.807, 2.05) is 0 Å². The van der Waals surface area contributed by atoms with Crippen molar-refractivity contribution in [2.45, 2.75) is 45.1 Å². The average molecular weight is 187 g/mol. The zero-order chi connectivity index (χ0) is 10.0. The molecule has 0 aromatic rings. The fourth-order valence-corrected chi connectivity index (χ4v) is 2.22. The molecule has 3 atom stereocenters. The Hall–Kier alpha value is -0.120. The van der Waals surface area contributed by atoms with Crippen LogP contribution in [-0.2, 0) is 9.47 Å². The highest BCUT2D eigenvalue weighted by atomic mass is 16.5. The number of methoxy groups -OCH3 is 2. The molecule has 1 saturated heterocycles. The Bertz CT molecular complexity index is 159. The highest BCUT2D eigenvalue weighted by molar-refractivity contribution is 4.93. The van der Waals surface area contributed by atoms with Gasteiger partial charge >= 0.3 is 0 Å². The normalized spacial score (nSPS) is 36.0. The highest BCUT2D eigenvalue weighted by Crippen LogP contribution is 2.24. The van der Waals surface area contributed by atoms with Gasteiger partial charge in [0.05, 0.1) is 12.2 Å². The summed E-state index contributed by atoms with van der Waals surface area (Å²) in [5.41, 5.74) is 0. The van der Waals surface area contributed by atoms with Crippen LogP contribution in [0.3, 0.4) is 0 Å². The zero-order valence-corrected chi connectivity index (χ0v) is 9.28. The van der Waals surface area contributed by atoms with Gasteiger partial charge in [-0.25, -0.2) is 0 Å². The standard InChI is InChI=1S/C10H21NO2/c1-7(2)11-6-9(12-4)10(13-5)8(11)3/h7-10H,6H2,1-5H3. The molecular weight excluding hydrogens is 166 g/mol. The third-order valence-corrected chi connectivity index (χ3v) is 2.99. The predicted octanol–water partition coefficient (Wildman–Crippen LogP) is 1.13. The monoisotopic (exact) mass is 187 g/mol. The molecule has 0 aliphatic carbocycles. The first kappa shape index (κ1) is 11.0. The van der Waals surface area contributed by atoms with Crippen molar-refractivity contribution in [1.82, 2.24) is 4.90 Å². The van der Waals surface area contributed by atoms with Gasteiger partial charge in [0.2, 0.25) is 0 Å². The molecule has 3 unspecified atom stereocenters. The molecule has 1 rings (SSSR count). The third-order valence-electron chi connectivity index (χ3n) is 2.99. The van der Waals surface area contributed by atoms with Gasteiger partial charge in [0, 0.05) is 32.8 Å². The van der Waals surface area contributed by atoms with E-state index < -0.39 is 0 Å². The van der Waals surface area contributed by atoms with Gasteiger partial charge < -0.3 is 9.47 Å². The summed E-state index contributed by atoms with van der Waals surface area (Å²) in [6.07, 6.45) is 0.440. The van der Waals surface area contributed by atoms with Crippen molar-refractivity contribution in [2.24, 2.45) is 0 Å². The predicted molar refractivity (Wildman–Crippen MR) is 52.9 cm³/mol. The molecule has 0 saturated carbocycles. The Balaban J connectivity index is 2.65. The first-order valence-electron chi connectivity index (χ1n) is 4.93. The van der Waals surface area contributed by atoms with Gasteiger partial charge in [0.25, 0.3) is 0 Å². The summed E-state index contributed by atoms with van der Waals surface area (Å²) in [6.45, 7) is 7.60. The van der Waals surface area contributed by atoms with Gasteiger partial charge in [-0.05, 0) is 20.8 Å². The van der Waals surface area contributed by atoms with Gasteiger partial charge in [-0.1, -0.05) is 0 Å². The summed E-state index contributed by atoms with van der Waals surface area (Å²) >= 11 is 0. The zero-order valence-electron chi connectivity index (χ0n) is 9.28. The molecule has 1 aliphatic heterocycles. The lowest BCUT2D eigenvalue weighted by Gasteiger charge is -2.26. The van der Waals surface area contributed by atoms with Crippen molar-refractivity contribution in [1.29, 1.82) is 0 Å². The van der Waals surface area contributed by atoms with Gasteiger partial charge in [0.1, 0.15) is 0 Å². The molecule has 0 aromatic heterocycles. The molecule has 0 aromatic carbocycles. The Kier molecular flexibility index (Phi) is 3.71. The molecule has 13 heavy (non-hydrogen) atoms. The molecule has 0 amide bonds. The minimum absolute atomic E-state index is 0.215. The fourth-order valence-electron chi connectivity index (χ4n) is 2.22. The molecule has 78 valence electrons. The number of hydrogen-bond acceptors (Lipinski definition) is 3. The SMILES string of the molecule is COC1CN(C(C)C)C(C)C1OC. The van der Waals surface area contributed by atoms with Crippen LogP contribution in [0, 0.1) is 0 Å². The van der Waals surface area contributed by atoms with Crippen LogP contribution < -0.4 is 0 Å². The molecule has 0 N–H and O–H groups in total. The quantitative estimate of drug-likeness (QED) is 0.661. The van der Waals surface area contributed by atoms with Crippen LogP contribution in [0.4, 0.5) is 0 Å². The largest absolute Gasteiger partial charge is 0.377 e. The van der Waals surface area contributed by atoms with E-state index in [2.05, 4.69) is 25.7 Å². The lowest BCUT2D eigenvalue weighted by atomic mass is 10.1.